The van der Waals surface area contributed by atoms with Crippen molar-refractivity contribution in [1.29, 1.82) is 0 Å². The molecule has 0 aromatic heterocycles. The van der Waals surface area contributed by atoms with Crippen molar-refractivity contribution in [2.75, 3.05) is 7.11 Å². The topological polar surface area (TPSA) is 72.8 Å². The molecule has 0 amide bonds. The second-order valence-corrected chi connectivity index (χ2v) is 4.81. The van der Waals surface area contributed by atoms with Gasteiger partial charge in [-0.3, -0.25) is 4.79 Å². The molecule has 98 valence electrons. The fourth-order valence-corrected chi connectivity index (χ4v) is 1.10. The van der Waals surface area contributed by atoms with Crippen LogP contribution in [-0.4, -0.2) is 24.2 Å². The quantitative estimate of drug-likeness (QED) is 0.644. The molecule has 0 saturated carbocycles. The predicted octanol–water partition coefficient (Wildman–Crippen LogP) is 2.13. The number of carbonyl (C=O) groups excluding carboxylic acids is 2. The van der Waals surface area contributed by atoms with Gasteiger partial charge in [0.1, 0.15) is 0 Å². The molecule has 0 unspecified atom stereocenters. The summed E-state index contributed by atoms with van der Waals surface area (Å²) < 4.78 is 9.55. The summed E-state index contributed by atoms with van der Waals surface area (Å²) in [6.07, 6.45) is 0. The van der Waals surface area contributed by atoms with Crippen molar-refractivity contribution in [1.82, 2.24) is 0 Å². The molecular formula is C13H16O5. The van der Waals surface area contributed by atoms with E-state index >= 15 is 0 Å². The molecule has 0 aliphatic rings. The number of hydrogen-bond acceptors (Lipinski definition) is 5. The fraction of sp³-hybridized carbons (Fsp3) is 0.385. The zero-order valence-corrected chi connectivity index (χ0v) is 10.8. The summed E-state index contributed by atoms with van der Waals surface area (Å²) >= 11 is 0. The Labute approximate surface area is 105 Å². The van der Waals surface area contributed by atoms with Crippen LogP contribution in [0.3, 0.4) is 0 Å². The third-order valence-corrected chi connectivity index (χ3v) is 2.20. The number of rotatable bonds is 2. The Hall–Kier alpha value is -2.04. The lowest BCUT2D eigenvalue weighted by Crippen LogP contribution is -2.25. The van der Waals surface area contributed by atoms with E-state index in [2.05, 4.69) is 4.74 Å². The number of carbonyl (C=O) groups is 2. The Kier molecular flexibility index (Phi) is 3.96. The van der Waals surface area contributed by atoms with Crippen LogP contribution >= 0.6 is 0 Å². The van der Waals surface area contributed by atoms with Crippen molar-refractivity contribution in [2.45, 2.75) is 20.8 Å². The standard InChI is InChI=1S/C13H16O5/c1-13(2,3)12(16)18-10-6-5-8(7-9(10)14)11(15)17-4/h5-7,14H,1-4H3. The Bertz CT molecular complexity index is 471. The highest BCUT2D eigenvalue weighted by Crippen LogP contribution is 2.29. The summed E-state index contributed by atoms with van der Waals surface area (Å²) in [5, 5.41) is 9.67. The van der Waals surface area contributed by atoms with Crippen LogP contribution in [0.25, 0.3) is 0 Å². The van der Waals surface area contributed by atoms with E-state index < -0.39 is 17.4 Å². The van der Waals surface area contributed by atoms with E-state index in [1.165, 1.54) is 25.3 Å². The first-order chi connectivity index (χ1) is 8.25. The molecular weight excluding hydrogens is 236 g/mol. The minimum absolute atomic E-state index is 0.0163. The summed E-state index contributed by atoms with van der Waals surface area (Å²) in [5.41, 5.74) is -0.487. The summed E-state index contributed by atoms with van der Waals surface area (Å²) in [4.78, 5) is 22.9. The van der Waals surface area contributed by atoms with E-state index in [4.69, 9.17) is 4.74 Å². The average Bonchev–Trinajstić information content (AvgIpc) is 2.29. The number of phenols is 1. The first-order valence-electron chi connectivity index (χ1n) is 5.39. The van der Waals surface area contributed by atoms with Crippen molar-refractivity contribution in [2.24, 2.45) is 5.41 Å². The Balaban J connectivity index is 2.94. The Morgan fingerprint density at radius 3 is 2.28 bits per heavy atom. The molecule has 0 aliphatic heterocycles. The maximum absolute atomic E-state index is 11.6. The largest absolute Gasteiger partial charge is 0.504 e. The van der Waals surface area contributed by atoms with E-state index in [0.29, 0.717) is 0 Å². The second-order valence-electron chi connectivity index (χ2n) is 4.81. The van der Waals surface area contributed by atoms with E-state index in [1.807, 2.05) is 0 Å². The maximum atomic E-state index is 11.6. The number of ether oxygens (including phenoxy) is 2. The van der Waals surface area contributed by atoms with Crippen LogP contribution in [-0.2, 0) is 9.53 Å². The Morgan fingerprint density at radius 1 is 1.22 bits per heavy atom. The molecule has 0 aliphatic carbocycles. The molecule has 1 rings (SSSR count). The molecule has 5 nitrogen and oxygen atoms in total. The van der Waals surface area contributed by atoms with Crippen LogP contribution in [0.4, 0.5) is 0 Å². The van der Waals surface area contributed by atoms with Gasteiger partial charge in [0.15, 0.2) is 11.5 Å². The normalized spacial score (nSPS) is 10.9. The lowest BCUT2D eigenvalue weighted by Gasteiger charge is -2.16. The highest BCUT2D eigenvalue weighted by molar-refractivity contribution is 5.90. The molecule has 0 saturated heterocycles. The molecule has 5 heteroatoms. The summed E-state index contributed by atoms with van der Waals surface area (Å²) in [6, 6.07) is 3.96. The van der Waals surface area contributed by atoms with Gasteiger partial charge in [-0.05, 0) is 39.0 Å². The number of hydrogen-bond donors (Lipinski definition) is 1. The molecule has 0 fully saturated rings. The van der Waals surface area contributed by atoms with Crippen molar-refractivity contribution < 1.29 is 24.2 Å². The van der Waals surface area contributed by atoms with E-state index in [1.54, 1.807) is 20.8 Å². The zero-order valence-electron chi connectivity index (χ0n) is 10.8. The molecule has 1 aromatic carbocycles. The third kappa shape index (κ3) is 3.23. The lowest BCUT2D eigenvalue weighted by atomic mass is 9.97. The smallest absolute Gasteiger partial charge is 0.337 e. The van der Waals surface area contributed by atoms with Crippen LogP contribution in [0, 0.1) is 5.41 Å². The molecule has 0 radical (unpaired) electrons. The molecule has 0 spiro atoms. The van der Waals surface area contributed by atoms with Crippen LogP contribution in [0.5, 0.6) is 11.5 Å². The number of methoxy groups -OCH3 is 1. The van der Waals surface area contributed by atoms with Crippen LogP contribution in [0.15, 0.2) is 18.2 Å². The molecule has 1 N–H and O–H groups in total. The summed E-state index contributed by atoms with van der Waals surface area (Å²) in [5.74, 6) is -1.30. The van der Waals surface area contributed by atoms with Crippen LogP contribution in [0.2, 0.25) is 0 Å². The van der Waals surface area contributed by atoms with Gasteiger partial charge >= 0.3 is 11.9 Å². The van der Waals surface area contributed by atoms with Gasteiger partial charge in [-0.1, -0.05) is 0 Å². The number of phenolic OH excluding ortho intramolecular Hbond substituents is 1. The van der Waals surface area contributed by atoms with Crippen molar-refractivity contribution in [3.63, 3.8) is 0 Å². The minimum Gasteiger partial charge on any atom is -0.504 e. The van der Waals surface area contributed by atoms with Crippen molar-refractivity contribution in [3.8, 4) is 11.5 Å². The summed E-state index contributed by atoms with van der Waals surface area (Å²) in [6.45, 7) is 5.11. The van der Waals surface area contributed by atoms with Gasteiger partial charge in [0.2, 0.25) is 0 Å². The third-order valence-electron chi connectivity index (χ3n) is 2.20. The molecule has 18 heavy (non-hydrogen) atoms. The van der Waals surface area contributed by atoms with E-state index in [0.717, 1.165) is 0 Å². The minimum atomic E-state index is -0.673. The summed E-state index contributed by atoms with van der Waals surface area (Å²) in [7, 11) is 1.24. The fourth-order valence-electron chi connectivity index (χ4n) is 1.10. The average molecular weight is 252 g/mol. The zero-order chi connectivity index (χ0) is 13.9. The first-order valence-corrected chi connectivity index (χ1v) is 5.39. The van der Waals surface area contributed by atoms with Crippen LogP contribution < -0.4 is 4.74 Å². The molecule has 0 bridgehead atoms. The maximum Gasteiger partial charge on any atom is 0.337 e. The van der Waals surface area contributed by atoms with Gasteiger partial charge < -0.3 is 14.6 Å². The van der Waals surface area contributed by atoms with Crippen molar-refractivity contribution >= 4 is 11.9 Å². The van der Waals surface area contributed by atoms with Crippen molar-refractivity contribution in [3.05, 3.63) is 23.8 Å². The highest BCUT2D eigenvalue weighted by Gasteiger charge is 2.24. The monoisotopic (exact) mass is 252 g/mol. The number of benzene rings is 1. The Morgan fingerprint density at radius 2 is 1.83 bits per heavy atom. The number of esters is 2. The van der Waals surface area contributed by atoms with Gasteiger partial charge in [-0.2, -0.15) is 0 Å². The van der Waals surface area contributed by atoms with Gasteiger partial charge in [0.25, 0.3) is 0 Å². The molecule has 0 atom stereocenters. The molecule has 1 aromatic rings. The number of aromatic hydroxyl groups is 1. The van der Waals surface area contributed by atoms with Gasteiger partial charge in [0.05, 0.1) is 18.1 Å². The van der Waals surface area contributed by atoms with E-state index in [-0.39, 0.29) is 17.1 Å². The van der Waals surface area contributed by atoms with Gasteiger partial charge in [-0.25, -0.2) is 4.79 Å². The van der Waals surface area contributed by atoms with E-state index in [9.17, 15) is 14.7 Å². The lowest BCUT2D eigenvalue weighted by molar-refractivity contribution is -0.143. The van der Waals surface area contributed by atoms with Gasteiger partial charge in [-0.15, -0.1) is 0 Å². The van der Waals surface area contributed by atoms with Gasteiger partial charge in [0, 0.05) is 0 Å². The second kappa shape index (κ2) is 5.08. The first kappa shape index (κ1) is 14.0. The SMILES string of the molecule is COC(=O)c1ccc(OC(=O)C(C)(C)C)c(O)c1. The molecule has 0 heterocycles. The van der Waals surface area contributed by atoms with Crippen LogP contribution in [0.1, 0.15) is 31.1 Å². The highest BCUT2D eigenvalue weighted by atomic mass is 16.5. The predicted molar refractivity (Wildman–Crippen MR) is 64.5 cm³/mol.